The summed E-state index contributed by atoms with van der Waals surface area (Å²) in [5.74, 6) is 6.25. The molecule has 3 nitrogen and oxygen atoms in total. The number of nitrogens with zero attached hydrogens (tertiary/aromatic N) is 1. The molecule has 1 aromatic heterocycles. The molecule has 1 amide bonds. The van der Waals surface area contributed by atoms with Gasteiger partial charge < -0.3 is 5.32 Å². The lowest BCUT2D eigenvalue weighted by Crippen LogP contribution is -2.14. The molecular formula is C21H15ClN2OS. The van der Waals surface area contributed by atoms with E-state index in [0.717, 1.165) is 10.5 Å². The fourth-order valence-corrected chi connectivity index (χ4v) is 3.19. The zero-order valence-corrected chi connectivity index (χ0v) is 15.3. The van der Waals surface area contributed by atoms with Gasteiger partial charge >= 0.3 is 0 Å². The second-order valence-electron chi connectivity index (χ2n) is 5.31. The number of amides is 1. The van der Waals surface area contributed by atoms with Gasteiger partial charge in [0.05, 0.1) is 10.8 Å². The number of rotatable bonds is 4. The Morgan fingerprint density at radius 1 is 1.04 bits per heavy atom. The molecule has 3 rings (SSSR count). The Kier molecular flexibility index (Phi) is 6.32. The van der Waals surface area contributed by atoms with E-state index in [0.29, 0.717) is 16.4 Å². The van der Waals surface area contributed by atoms with Crippen LogP contribution in [-0.2, 0) is 4.79 Å². The maximum atomic E-state index is 12.2. The summed E-state index contributed by atoms with van der Waals surface area (Å²) in [5.41, 5.74) is 2.23. The second kappa shape index (κ2) is 9.10. The molecule has 0 radical (unpaired) electrons. The Morgan fingerprint density at radius 3 is 2.69 bits per heavy atom. The number of hydrogen-bond donors (Lipinski definition) is 1. The molecule has 26 heavy (non-hydrogen) atoms. The highest BCUT2D eigenvalue weighted by Gasteiger charge is 2.06. The van der Waals surface area contributed by atoms with Crippen LogP contribution >= 0.6 is 23.4 Å². The molecule has 0 aliphatic rings. The number of hydrogen-bond acceptors (Lipinski definition) is 3. The highest BCUT2D eigenvalue weighted by molar-refractivity contribution is 8.00. The van der Waals surface area contributed by atoms with Crippen LogP contribution in [0.5, 0.6) is 0 Å². The smallest absolute Gasteiger partial charge is 0.234 e. The van der Waals surface area contributed by atoms with E-state index in [1.165, 1.54) is 11.8 Å². The van der Waals surface area contributed by atoms with Crippen molar-refractivity contribution in [2.45, 2.75) is 4.90 Å². The number of benzene rings is 2. The summed E-state index contributed by atoms with van der Waals surface area (Å²) >= 11 is 7.51. The van der Waals surface area contributed by atoms with Crippen molar-refractivity contribution in [1.82, 2.24) is 4.98 Å². The number of halogens is 1. The molecule has 0 fully saturated rings. The first-order valence-corrected chi connectivity index (χ1v) is 9.27. The largest absolute Gasteiger partial charge is 0.325 e. The first-order chi connectivity index (χ1) is 12.7. The minimum absolute atomic E-state index is 0.0928. The number of carbonyl (C=O) groups is 1. The molecule has 0 saturated carbocycles. The molecule has 0 aliphatic heterocycles. The van der Waals surface area contributed by atoms with Crippen LogP contribution < -0.4 is 5.32 Å². The summed E-state index contributed by atoms with van der Waals surface area (Å²) in [5, 5.41) is 3.53. The molecule has 5 heteroatoms. The number of carbonyl (C=O) groups excluding carboxylic acids is 1. The number of anilines is 1. The average Bonchev–Trinajstić information content (AvgIpc) is 2.67. The van der Waals surface area contributed by atoms with Crippen molar-refractivity contribution in [2.75, 3.05) is 11.1 Å². The van der Waals surface area contributed by atoms with E-state index < -0.39 is 0 Å². The van der Waals surface area contributed by atoms with E-state index in [4.69, 9.17) is 11.6 Å². The summed E-state index contributed by atoms with van der Waals surface area (Å²) in [6.07, 6.45) is 1.71. The van der Waals surface area contributed by atoms with Crippen molar-refractivity contribution in [3.8, 4) is 11.8 Å². The van der Waals surface area contributed by atoms with Crippen LogP contribution in [-0.4, -0.2) is 16.6 Å². The van der Waals surface area contributed by atoms with Gasteiger partial charge in [0.2, 0.25) is 5.91 Å². The van der Waals surface area contributed by atoms with Gasteiger partial charge in [-0.15, -0.1) is 11.8 Å². The Bertz CT molecular complexity index is 964. The van der Waals surface area contributed by atoms with Gasteiger partial charge in [-0.3, -0.25) is 4.79 Å². The van der Waals surface area contributed by atoms with E-state index in [1.54, 1.807) is 6.20 Å². The lowest BCUT2D eigenvalue weighted by atomic mass is 10.2. The summed E-state index contributed by atoms with van der Waals surface area (Å²) in [6.45, 7) is 0. The van der Waals surface area contributed by atoms with Crippen LogP contribution in [0.4, 0.5) is 5.69 Å². The van der Waals surface area contributed by atoms with Gasteiger partial charge in [-0.25, -0.2) is 4.98 Å². The van der Waals surface area contributed by atoms with Crippen LogP contribution in [0.3, 0.4) is 0 Å². The summed E-state index contributed by atoms with van der Waals surface area (Å²) in [7, 11) is 0. The number of nitrogens with one attached hydrogen (secondary N) is 1. The predicted molar refractivity (Wildman–Crippen MR) is 107 cm³/mol. The standard InChI is InChI=1S/C21H15ClN2OS/c22-19-9-1-2-10-20(19)26-15-21(25)24-18-8-5-6-16(14-18)11-12-17-7-3-4-13-23-17/h1-10,13-14H,15H2,(H,24,25). The van der Waals surface area contributed by atoms with Gasteiger partial charge in [0.15, 0.2) is 0 Å². The number of aromatic nitrogens is 1. The monoisotopic (exact) mass is 378 g/mol. The van der Waals surface area contributed by atoms with E-state index in [2.05, 4.69) is 22.1 Å². The highest BCUT2D eigenvalue weighted by Crippen LogP contribution is 2.26. The first kappa shape index (κ1) is 18.1. The van der Waals surface area contributed by atoms with Gasteiger partial charge in [0.25, 0.3) is 0 Å². The van der Waals surface area contributed by atoms with E-state index >= 15 is 0 Å². The van der Waals surface area contributed by atoms with E-state index in [-0.39, 0.29) is 11.7 Å². The normalized spacial score (nSPS) is 9.88. The predicted octanol–water partition coefficient (Wildman–Crippen LogP) is 4.87. The average molecular weight is 379 g/mol. The molecule has 0 aliphatic carbocycles. The summed E-state index contributed by atoms with van der Waals surface area (Å²) in [6, 6.07) is 20.5. The lowest BCUT2D eigenvalue weighted by Gasteiger charge is -2.06. The Hall–Kier alpha value is -2.74. The molecular weight excluding hydrogens is 364 g/mol. The molecule has 2 aromatic carbocycles. The fraction of sp³-hybridized carbons (Fsp3) is 0.0476. The van der Waals surface area contributed by atoms with Crippen molar-refractivity contribution < 1.29 is 4.79 Å². The minimum atomic E-state index is -0.0928. The van der Waals surface area contributed by atoms with Gasteiger partial charge in [-0.05, 0) is 48.4 Å². The zero-order chi connectivity index (χ0) is 18.2. The molecule has 0 spiro atoms. The Morgan fingerprint density at radius 2 is 1.88 bits per heavy atom. The molecule has 1 N–H and O–H groups in total. The van der Waals surface area contributed by atoms with Gasteiger partial charge in [-0.2, -0.15) is 0 Å². The van der Waals surface area contributed by atoms with Gasteiger partial charge in [0, 0.05) is 22.3 Å². The maximum Gasteiger partial charge on any atom is 0.234 e. The van der Waals surface area contributed by atoms with E-state index in [9.17, 15) is 4.79 Å². The topological polar surface area (TPSA) is 42.0 Å². The van der Waals surface area contributed by atoms with Crippen LogP contribution in [0.1, 0.15) is 11.3 Å². The molecule has 1 heterocycles. The van der Waals surface area contributed by atoms with Crippen molar-refractivity contribution in [2.24, 2.45) is 0 Å². The molecule has 3 aromatic rings. The minimum Gasteiger partial charge on any atom is -0.325 e. The number of thioether (sulfide) groups is 1. The molecule has 128 valence electrons. The molecule has 0 saturated heterocycles. The Balaban J connectivity index is 1.61. The van der Waals surface area contributed by atoms with Crippen molar-refractivity contribution in [3.63, 3.8) is 0 Å². The fourth-order valence-electron chi connectivity index (χ4n) is 2.15. The third-order valence-corrected chi connectivity index (χ3v) is 4.86. The number of pyridine rings is 1. The van der Waals surface area contributed by atoms with Crippen molar-refractivity contribution >= 4 is 35.0 Å². The highest BCUT2D eigenvalue weighted by atomic mass is 35.5. The van der Waals surface area contributed by atoms with Crippen LogP contribution in [0, 0.1) is 11.8 Å². The van der Waals surface area contributed by atoms with E-state index in [1.807, 2.05) is 66.7 Å². The maximum absolute atomic E-state index is 12.2. The van der Waals surface area contributed by atoms with Gasteiger partial charge in [0.1, 0.15) is 5.69 Å². The van der Waals surface area contributed by atoms with Crippen LogP contribution in [0.25, 0.3) is 0 Å². The first-order valence-electron chi connectivity index (χ1n) is 7.91. The van der Waals surface area contributed by atoms with Crippen molar-refractivity contribution in [1.29, 1.82) is 0 Å². The van der Waals surface area contributed by atoms with Crippen molar-refractivity contribution in [3.05, 3.63) is 89.2 Å². The second-order valence-corrected chi connectivity index (χ2v) is 6.74. The lowest BCUT2D eigenvalue weighted by molar-refractivity contribution is -0.113. The van der Waals surface area contributed by atoms with Crippen LogP contribution in [0.15, 0.2) is 77.8 Å². The molecule has 0 bridgehead atoms. The summed E-state index contributed by atoms with van der Waals surface area (Å²) in [4.78, 5) is 17.2. The summed E-state index contributed by atoms with van der Waals surface area (Å²) < 4.78 is 0. The zero-order valence-electron chi connectivity index (χ0n) is 13.8. The Labute approximate surface area is 161 Å². The SMILES string of the molecule is O=C(CSc1ccccc1Cl)Nc1cccc(C#Cc2ccccn2)c1. The third kappa shape index (κ3) is 5.38. The molecule has 0 atom stereocenters. The molecule has 0 unspecified atom stereocenters. The third-order valence-electron chi connectivity index (χ3n) is 3.34. The quantitative estimate of drug-likeness (QED) is 0.520. The van der Waals surface area contributed by atoms with Crippen LogP contribution in [0.2, 0.25) is 5.02 Å². The van der Waals surface area contributed by atoms with Gasteiger partial charge in [-0.1, -0.05) is 41.8 Å².